The molecule has 5 heteroatoms. The minimum atomic E-state index is -0.262. The van der Waals surface area contributed by atoms with Crippen LogP contribution in [0.4, 0.5) is 0 Å². The van der Waals surface area contributed by atoms with Gasteiger partial charge in [0, 0.05) is 20.8 Å². The second kappa shape index (κ2) is 7.36. The van der Waals surface area contributed by atoms with Crippen molar-refractivity contribution < 1.29 is 18.9 Å². The molecule has 0 aromatic rings. The first kappa shape index (κ1) is 12.1. The van der Waals surface area contributed by atoms with Gasteiger partial charge >= 0.3 is 0 Å². The molecule has 0 aromatic heterocycles. The fourth-order valence-electron chi connectivity index (χ4n) is 1.23. The van der Waals surface area contributed by atoms with Gasteiger partial charge in [0.05, 0.1) is 22.7 Å². The van der Waals surface area contributed by atoms with Gasteiger partial charge in [0.2, 0.25) is 0 Å². The van der Waals surface area contributed by atoms with Crippen LogP contribution in [0, 0.1) is 0 Å². The fraction of sp³-hybridized carbons (Fsp3) is 1.00. The van der Waals surface area contributed by atoms with Crippen LogP contribution < -0.4 is 0 Å². The summed E-state index contributed by atoms with van der Waals surface area (Å²) in [5, 5.41) is 0. The number of rotatable bonds is 9. The second-order valence-corrected chi connectivity index (χ2v) is 5.38. The molecule has 0 unspecified atom stereocenters. The largest absolute Gasteiger partial charge is 0.379 e. The lowest BCUT2D eigenvalue weighted by molar-refractivity contribution is -0.0442. The first-order chi connectivity index (χ1) is 6.86. The second-order valence-electron chi connectivity index (χ2n) is 3.43. The summed E-state index contributed by atoms with van der Waals surface area (Å²) in [5.41, 5.74) is 0. The lowest BCUT2D eigenvalue weighted by Crippen LogP contribution is -2.21. The zero-order chi connectivity index (χ0) is 10.2. The van der Waals surface area contributed by atoms with Crippen molar-refractivity contribution in [1.82, 2.24) is 0 Å². The SMILES string of the molecule is COC(OC)[SiH2]CCCOC[C@@H]1CO1. The van der Waals surface area contributed by atoms with Crippen LogP contribution in [0.5, 0.6) is 0 Å². The molecule has 0 radical (unpaired) electrons. The molecule has 0 aliphatic carbocycles. The summed E-state index contributed by atoms with van der Waals surface area (Å²) < 4.78 is 20.7. The number of epoxide rings is 1. The van der Waals surface area contributed by atoms with Crippen LogP contribution in [0.2, 0.25) is 6.04 Å². The van der Waals surface area contributed by atoms with Gasteiger partial charge in [-0.1, -0.05) is 6.04 Å². The number of hydrogen-bond acceptors (Lipinski definition) is 4. The average molecular weight is 220 g/mol. The van der Waals surface area contributed by atoms with Crippen molar-refractivity contribution in [3.05, 3.63) is 0 Å². The molecular formula is C9H20O4Si. The van der Waals surface area contributed by atoms with Gasteiger partial charge in [-0.25, -0.2) is 0 Å². The van der Waals surface area contributed by atoms with Gasteiger partial charge in [-0.3, -0.25) is 0 Å². The smallest absolute Gasteiger partial charge is 0.134 e. The Balaban J connectivity index is 1.78. The van der Waals surface area contributed by atoms with E-state index >= 15 is 0 Å². The topological polar surface area (TPSA) is 40.2 Å². The fourth-order valence-corrected chi connectivity index (χ4v) is 2.52. The van der Waals surface area contributed by atoms with Crippen molar-refractivity contribution >= 4 is 9.52 Å². The zero-order valence-electron chi connectivity index (χ0n) is 9.03. The number of methoxy groups -OCH3 is 2. The molecule has 1 heterocycles. The summed E-state index contributed by atoms with van der Waals surface area (Å²) in [7, 11) is 3.13. The third-order valence-electron chi connectivity index (χ3n) is 2.21. The third kappa shape index (κ3) is 5.72. The van der Waals surface area contributed by atoms with Gasteiger partial charge in [0.15, 0.2) is 0 Å². The van der Waals surface area contributed by atoms with Crippen LogP contribution in [-0.4, -0.2) is 55.6 Å². The summed E-state index contributed by atoms with van der Waals surface area (Å²) in [6.07, 6.45) is 1.50. The minimum Gasteiger partial charge on any atom is -0.379 e. The van der Waals surface area contributed by atoms with Crippen molar-refractivity contribution in [2.24, 2.45) is 0 Å². The molecule has 4 nitrogen and oxygen atoms in total. The zero-order valence-corrected chi connectivity index (χ0v) is 10.4. The predicted octanol–water partition coefficient (Wildman–Crippen LogP) is -0.0446. The lowest BCUT2D eigenvalue weighted by atomic mass is 10.5. The summed E-state index contributed by atoms with van der Waals surface area (Å²) in [6.45, 7) is 2.48. The maximum Gasteiger partial charge on any atom is 0.134 e. The van der Waals surface area contributed by atoms with E-state index in [1.54, 1.807) is 14.2 Å². The summed E-state index contributed by atoms with van der Waals surface area (Å²) in [6, 6.07) is 1.21. The van der Waals surface area contributed by atoms with E-state index in [9.17, 15) is 0 Å². The van der Waals surface area contributed by atoms with E-state index in [0.29, 0.717) is 6.10 Å². The normalized spacial score (nSPS) is 21.2. The summed E-state index contributed by atoms with van der Waals surface area (Å²) >= 11 is 0. The highest BCUT2D eigenvalue weighted by Gasteiger charge is 2.21. The summed E-state index contributed by atoms with van der Waals surface area (Å²) in [5.74, 6) is 0.0711. The Kier molecular flexibility index (Phi) is 6.38. The van der Waals surface area contributed by atoms with Crippen molar-refractivity contribution in [1.29, 1.82) is 0 Å². The van der Waals surface area contributed by atoms with E-state index in [-0.39, 0.29) is 15.4 Å². The Morgan fingerprint density at radius 3 is 2.71 bits per heavy atom. The standard InChI is InChI=1S/C9H20O4Si/c1-10-9(11-2)14-5-3-4-12-6-8-7-13-8/h8-9H,3-7,14H2,1-2H3/t8-/m1/s1. The van der Waals surface area contributed by atoms with Crippen LogP contribution in [-0.2, 0) is 18.9 Å². The molecule has 1 atom stereocenters. The van der Waals surface area contributed by atoms with Gasteiger partial charge in [0.1, 0.15) is 12.0 Å². The first-order valence-corrected chi connectivity index (χ1v) is 6.93. The van der Waals surface area contributed by atoms with Crippen molar-refractivity contribution in [2.75, 3.05) is 34.0 Å². The van der Waals surface area contributed by atoms with Crippen LogP contribution in [0.1, 0.15) is 6.42 Å². The molecule has 0 saturated carbocycles. The third-order valence-corrected chi connectivity index (χ3v) is 4.26. The average Bonchev–Trinajstić information content (AvgIpc) is 3.01. The van der Waals surface area contributed by atoms with E-state index in [4.69, 9.17) is 18.9 Å². The first-order valence-electron chi connectivity index (χ1n) is 5.11. The van der Waals surface area contributed by atoms with Crippen LogP contribution >= 0.6 is 0 Å². The molecule has 1 fully saturated rings. The van der Waals surface area contributed by atoms with Crippen LogP contribution in [0.15, 0.2) is 0 Å². The molecule has 14 heavy (non-hydrogen) atoms. The van der Waals surface area contributed by atoms with E-state index in [0.717, 1.165) is 26.2 Å². The highest BCUT2D eigenvalue weighted by atomic mass is 28.2. The lowest BCUT2D eigenvalue weighted by Gasteiger charge is -2.12. The molecule has 1 aliphatic rings. The van der Waals surface area contributed by atoms with Gasteiger partial charge in [-0.2, -0.15) is 0 Å². The molecule has 84 valence electrons. The van der Waals surface area contributed by atoms with E-state index in [1.165, 1.54) is 6.04 Å². The van der Waals surface area contributed by atoms with Crippen LogP contribution in [0.3, 0.4) is 0 Å². The van der Waals surface area contributed by atoms with E-state index in [2.05, 4.69) is 0 Å². The predicted molar refractivity (Wildman–Crippen MR) is 56.3 cm³/mol. The molecule has 0 bridgehead atoms. The molecule has 1 saturated heterocycles. The highest BCUT2D eigenvalue weighted by Crippen LogP contribution is 2.08. The van der Waals surface area contributed by atoms with Gasteiger partial charge < -0.3 is 18.9 Å². The summed E-state index contributed by atoms with van der Waals surface area (Å²) in [4.78, 5) is 0. The molecule has 1 aliphatic heterocycles. The highest BCUT2D eigenvalue weighted by molar-refractivity contribution is 6.36. The van der Waals surface area contributed by atoms with Crippen molar-refractivity contribution in [2.45, 2.75) is 24.5 Å². The van der Waals surface area contributed by atoms with Crippen LogP contribution in [0.25, 0.3) is 0 Å². The van der Waals surface area contributed by atoms with E-state index < -0.39 is 0 Å². The minimum absolute atomic E-state index is 0.0711. The Morgan fingerprint density at radius 1 is 1.43 bits per heavy atom. The Bertz CT molecular complexity index is 137. The maximum absolute atomic E-state index is 5.42. The monoisotopic (exact) mass is 220 g/mol. The Hall–Kier alpha value is 0.0569. The number of hydrogen-bond donors (Lipinski definition) is 0. The molecule has 0 aromatic carbocycles. The maximum atomic E-state index is 5.42. The molecule has 0 amide bonds. The quantitative estimate of drug-likeness (QED) is 0.236. The Morgan fingerprint density at radius 2 is 2.14 bits per heavy atom. The molecular weight excluding hydrogens is 200 g/mol. The van der Waals surface area contributed by atoms with Gasteiger partial charge in [0.25, 0.3) is 0 Å². The molecule has 0 spiro atoms. The Labute approximate surface area is 87.7 Å². The molecule has 1 rings (SSSR count). The van der Waals surface area contributed by atoms with E-state index in [1.807, 2.05) is 0 Å². The van der Waals surface area contributed by atoms with Gasteiger partial charge in [-0.05, 0) is 6.42 Å². The number of ether oxygens (including phenoxy) is 4. The van der Waals surface area contributed by atoms with Crippen molar-refractivity contribution in [3.63, 3.8) is 0 Å². The van der Waals surface area contributed by atoms with Crippen molar-refractivity contribution in [3.8, 4) is 0 Å². The van der Waals surface area contributed by atoms with Gasteiger partial charge in [-0.15, -0.1) is 0 Å². The molecule has 0 N–H and O–H groups in total.